The van der Waals surface area contributed by atoms with Crippen LogP contribution >= 0.6 is 15.9 Å². The van der Waals surface area contributed by atoms with Crippen LogP contribution in [0.4, 0.5) is 0 Å². The second-order valence-corrected chi connectivity index (χ2v) is 7.15. The molecule has 1 rings (SSSR count). The van der Waals surface area contributed by atoms with Crippen molar-refractivity contribution in [3.8, 4) is 5.75 Å². The Bertz CT molecular complexity index is 402. The van der Waals surface area contributed by atoms with E-state index in [1.54, 1.807) is 0 Å². The maximum absolute atomic E-state index is 9.97. The highest BCUT2D eigenvalue weighted by molar-refractivity contribution is 9.10. The molecule has 0 aliphatic heterocycles. The fraction of sp³-hybridized carbons (Fsp3) is 0.647. The molecular weight excluding hydrogens is 330 g/mol. The molecule has 1 unspecified atom stereocenters. The normalized spacial score (nSPS) is 13.2. The molecule has 2 N–H and O–H groups in total. The Morgan fingerprint density at radius 3 is 2.38 bits per heavy atom. The van der Waals surface area contributed by atoms with E-state index >= 15 is 0 Å². The number of ether oxygens (including phenoxy) is 1. The topological polar surface area (TPSA) is 41.5 Å². The summed E-state index contributed by atoms with van der Waals surface area (Å²) >= 11 is 3.40. The van der Waals surface area contributed by atoms with Gasteiger partial charge in [0.1, 0.15) is 18.5 Å². The van der Waals surface area contributed by atoms with Gasteiger partial charge in [-0.15, -0.1) is 0 Å². The van der Waals surface area contributed by atoms with Crippen LogP contribution < -0.4 is 10.1 Å². The van der Waals surface area contributed by atoms with E-state index in [1.807, 2.05) is 24.3 Å². The van der Waals surface area contributed by atoms with Crippen LogP contribution in [0.2, 0.25) is 0 Å². The van der Waals surface area contributed by atoms with E-state index in [1.165, 1.54) is 0 Å². The molecule has 0 saturated carbocycles. The molecule has 4 heteroatoms. The lowest BCUT2D eigenvalue weighted by atomic mass is 9.85. The number of halogens is 1. The molecule has 1 aromatic rings. The third kappa shape index (κ3) is 7.30. The molecule has 0 saturated heterocycles. The molecule has 0 spiro atoms. The van der Waals surface area contributed by atoms with Gasteiger partial charge < -0.3 is 15.2 Å². The molecule has 0 aromatic heterocycles. The highest BCUT2D eigenvalue weighted by Crippen LogP contribution is 2.19. The van der Waals surface area contributed by atoms with E-state index in [9.17, 15) is 5.11 Å². The summed E-state index contributed by atoms with van der Waals surface area (Å²) in [6, 6.07) is 7.65. The molecule has 0 amide bonds. The Morgan fingerprint density at radius 2 is 1.81 bits per heavy atom. The van der Waals surface area contributed by atoms with Crippen molar-refractivity contribution in [1.29, 1.82) is 0 Å². The second kappa shape index (κ2) is 9.44. The number of nitrogens with one attached hydrogen (secondary N) is 1. The van der Waals surface area contributed by atoms with Gasteiger partial charge >= 0.3 is 0 Å². The molecule has 21 heavy (non-hydrogen) atoms. The van der Waals surface area contributed by atoms with Gasteiger partial charge in [-0.3, -0.25) is 0 Å². The van der Waals surface area contributed by atoms with Crippen molar-refractivity contribution in [2.75, 3.05) is 19.7 Å². The lowest BCUT2D eigenvalue weighted by Crippen LogP contribution is -2.36. The number of rotatable bonds is 9. The fourth-order valence-electron chi connectivity index (χ4n) is 2.47. The number of hydrogen-bond acceptors (Lipinski definition) is 3. The Labute approximate surface area is 137 Å². The Hall–Kier alpha value is -0.580. The fourth-order valence-corrected chi connectivity index (χ4v) is 2.84. The van der Waals surface area contributed by atoms with Crippen molar-refractivity contribution >= 4 is 15.9 Å². The van der Waals surface area contributed by atoms with Crippen LogP contribution in [0.25, 0.3) is 0 Å². The van der Waals surface area contributed by atoms with E-state index < -0.39 is 6.10 Å². The van der Waals surface area contributed by atoms with Crippen LogP contribution in [0.15, 0.2) is 28.7 Å². The van der Waals surface area contributed by atoms with Crippen molar-refractivity contribution in [2.24, 2.45) is 17.8 Å². The molecule has 120 valence electrons. The molecule has 0 heterocycles. The molecule has 1 atom stereocenters. The average molecular weight is 358 g/mol. The summed E-state index contributed by atoms with van der Waals surface area (Å²) in [5, 5.41) is 13.3. The van der Waals surface area contributed by atoms with Gasteiger partial charge in [0.05, 0.1) is 0 Å². The summed E-state index contributed by atoms with van der Waals surface area (Å²) in [7, 11) is 0. The minimum Gasteiger partial charge on any atom is -0.491 e. The third-order valence-electron chi connectivity index (χ3n) is 3.71. The van der Waals surface area contributed by atoms with Gasteiger partial charge in [-0.25, -0.2) is 0 Å². The van der Waals surface area contributed by atoms with Gasteiger partial charge in [0.2, 0.25) is 0 Å². The molecule has 0 aliphatic rings. The number of aliphatic hydroxyl groups excluding tert-OH is 1. The van der Waals surface area contributed by atoms with Crippen LogP contribution in [-0.4, -0.2) is 30.9 Å². The summed E-state index contributed by atoms with van der Waals surface area (Å²) in [4.78, 5) is 0. The first-order valence-electron chi connectivity index (χ1n) is 7.67. The summed E-state index contributed by atoms with van der Waals surface area (Å²) in [5.74, 6) is 2.69. The molecular formula is C17H28BrNO2. The molecule has 0 radical (unpaired) electrons. The smallest absolute Gasteiger partial charge is 0.120 e. The van der Waals surface area contributed by atoms with Gasteiger partial charge in [0.25, 0.3) is 0 Å². The van der Waals surface area contributed by atoms with E-state index in [2.05, 4.69) is 48.9 Å². The molecule has 3 nitrogen and oxygen atoms in total. The summed E-state index contributed by atoms with van der Waals surface area (Å²) in [6.45, 7) is 10.8. The molecule has 1 aromatic carbocycles. The zero-order chi connectivity index (χ0) is 15.8. The zero-order valence-electron chi connectivity index (χ0n) is 13.5. The summed E-state index contributed by atoms with van der Waals surface area (Å²) < 4.78 is 6.56. The molecule has 0 bridgehead atoms. The monoisotopic (exact) mass is 357 g/mol. The minimum atomic E-state index is -0.496. The average Bonchev–Trinajstić information content (AvgIpc) is 2.40. The van der Waals surface area contributed by atoms with E-state index in [4.69, 9.17) is 4.74 Å². The first kappa shape index (κ1) is 18.5. The van der Waals surface area contributed by atoms with E-state index in [0.29, 0.717) is 30.9 Å². The SMILES string of the molecule is CC(C)C(CNCC(O)COc1cccc(Br)c1)C(C)C. The van der Waals surface area contributed by atoms with Gasteiger partial charge in [-0.2, -0.15) is 0 Å². The first-order chi connectivity index (χ1) is 9.90. The number of hydrogen-bond donors (Lipinski definition) is 2. The summed E-state index contributed by atoms with van der Waals surface area (Å²) in [6.07, 6.45) is -0.496. The Morgan fingerprint density at radius 1 is 1.14 bits per heavy atom. The first-order valence-corrected chi connectivity index (χ1v) is 8.46. The lowest BCUT2D eigenvalue weighted by molar-refractivity contribution is 0.103. The van der Waals surface area contributed by atoms with Crippen molar-refractivity contribution in [2.45, 2.75) is 33.8 Å². The van der Waals surface area contributed by atoms with Gasteiger partial charge in [0, 0.05) is 11.0 Å². The van der Waals surface area contributed by atoms with Crippen LogP contribution in [0.5, 0.6) is 5.75 Å². The predicted octanol–water partition coefficient (Wildman–Crippen LogP) is 3.71. The third-order valence-corrected chi connectivity index (χ3v) is 4.20. The van der Waals surface area contributed by atoms with Gasteiger partial charge in [-0.1, -0.05) is 49.7 Å². The standard InChI is InChI=1S/C17H28BrNO2/c1-12(2)17(13(3)4)10-19-9-15(20)11-21-16-7-5-6-14(18)8-16/h5-8,12-13,15,17,19-20H,9-11H2,1-4H3. The van der Waals surface area contributed by atoms with Crippen LogP contribution in [0.3, 0.4) is 0 Å². The Balaban J connectivity index is 2.26. The summed E-state index contributed by atoms with van der Waals surface area (Å²) in [5.41, 5.74) is 0. The number of benzene rings is 1. The lowest BCUT2D eigenvalue weighted by Gasteiger charge is -2.25. The van der Waals surface area contributed by atoms with Crippen molar-refractivity contribution in [1.82, 2.24) is 5.32 Å². The van der Waals surface area contributed by atoms with Crippen molar-refractivity contribution < 1.29 is 9.84 Å². The Kier molecular flexibility index (Phi) is 8.30. The van der Waals surface area contributed by atoms with Crippen molar-refractivity contribution in [3.63, 3.8) is 0 Å². The highest BCUT2D eigenvalue weighted by atomic mass is 79.9. The van der Waals surface area contributed by atoms with E-state index in [0.717, 1.165) is 16.8 Å². The largest absolute Gasteiger partial charge is 0.491 e. The van der Waals surface area contributed by atoms with Gasteiger partial charge in [-0.05, 0) is 42.5 Å². The molecule has 0 fully saturated rings. The maximum atomic E-state index is 9.97. The van der Waals surface area contributed by atoms with Crippen LogP contribution in [-0.2, 0) is 0 Å². The quantitative estimate of drug-likeness (QED) is 0.707. The number of aliphatic hydroxyl groups is 1. The van der Waals surface area contributed by atoms with E-state index in [-0.39, 0.29) is 0 Å². The second-order valence-electron chi connectivity index (χ2n) is 6.23. The maximum Gasteiger partial charge on any atom is 0.120 e. The van der Waals surface area contributed by atoms with Gasteiger partial charge in [0.15, 0.2) is 0 Å². The van der Waals surface area contributed by atoms with Crippen molar-refractivity contribution in [3.05, 3.63) is 28.7 Å². The minimum absolute atomic E-state index is 0.303. The zero-order valence-corrected chi connectivity index (χ0v) is 15.1. The van der Waals surface area contributed by atoms with Crippen LogP contribution in [0.1, 0.15) is 27.7 Å². The van der Waals surface area contributed by atoms with Crippen LogP contribution in [0, 0.1) is 17.8 Å². The predicted molar refractivity (Wildman–Crippen MR) is 91.7 cm³/mol. The highest BCUT2D eigenvalue weighted by Gasteiger charge is 2.17. The molecule has 0 aliphatic carbocycles.